The number of aliphatic hydroxyl groups is 1. The lowest BCUT2D eigenvalue weighted by molar-refractivity contribution is -0.113. The minimum absolute atomic E-state index is 0.105. The summed E-state index contributed by atoms with van der Waals surface area (Å²) < 4.78 is 0. The van der Waals surface area contributed by atoms with Crippen LogP contribution in [0.25, 0.3) is 0 Å². The average Bonchev–Trinajstić information content (AvgIpc) is 2.77. The third-order valence-electron chi connectivity index (χ3n) is 7.92. The summed E-state index contributed by atoms with van der Waals surface area (Å²) in [6.07, 6.45) is 9.43. The molecule has 3 saturated carbocycles. The second kappa shape index (κ2) is 4.56. The van der Waals surface area contributed by atoms with Crippen molar-refractivity contribution in [2.75, 3.05) is 0 Å². The molecule has 0 bridgehead atoms. The lowest BCUT2D eigenvalue weighted by Gasteiger charge is -2.57. The molecule has 2 heteroatoms. The van der Waals surface area contributed by atoms with Crippen LogP contribution in [-0.4, -0.2) is 17.0 Å². The molecule has 0 aromatic rings. The smallest absolute Gasteiger partial charge is 0.181 e. The molecule has 0 heterocycles. The molecule has 0 radical (unpaired) electrons. The summed E-state index contributed by atoms with van der Waals surface area (Å²) in [6, 6.07) is 0. The topological polar surface area (TPSA) is 37.3 Å². The molecule has 0 aromatic carbocycles. The molecule has 0 amide bonds. The molecule has 4 aliphatic carbocycles. The number of carbonyl (C=O) groups is 1. The Bertz CT molecular complexity index is 574. The van der Waals surface area contributed by atoms with Crippen molar-refractivity contribution in [1.29, 1.82) is 0 Å². The van der Waals surface area contributed by atoms with Crippen molar-refractivity contribution in [3.8, 4) is 0 Å². The van der Waals surface area contributed by atoms with E-state index in [1.165, 1.54) is 24.8 Å². The number of rotatable bonds is 0. The molecule has 0 aliphatic heterocycles. The Morgan fingerprint density at radius 1 is 1.18 bits per heavy atom. The molecule has 3 fully saturated rings. The molecule has 4 aliphatic rings. The van der Waals surface area contributed by atoms with E-state index in [1.807, 2.05) is 6.08 Å². The van der Waals surface area contributed by atoms with Crippen LogP contribution in [0.2, 0.25) is 0 Å². The van der Waals surface area contributed by atoms with E-state index in [9.17, 15) is 9.90 Å². The van der Waals surface area contributed by atoms with Gasteiger partial charge in [-0.25, -0.2) is 0 Å². The number of aliphatic hydroxyl groups excluding tert-OH is 1. The minimum atomic E-state index is -0.105. The highest BCUT2D eigenvalue weighted by molar-refractivity contribution is 6.05. The van der Waals surface area contributed by atoms with Crippen LogP contribution in [0, 0.1) is 28.6 Å². The van der Waals surface area contributed by atoms with E-state index in [-0.39, 0.29) is 22.7 Å². The average molecular weight is 300 g/mol. The highest BCUT2D eigenvalue weighted by atomic mass is 16.3. The van der Waals surface area contributed by atoms with E-state index in [1.54, 1.807) is 0 Å². The lowest BCUT2D eigenvalue weighted by Crippen LogP contribution is -2.51. The molecule has 0 spiro atoms. The molecule has 1 N–H and O–H groups in total. The first-order chi connectivity index (χ1) is 10.4. The molecule has 6 atom stereocenters. The van der Waals surface area contributed by atoms with Crippen molar-refractivity contribution in [2.45, 2.75) is 64.9 Å². The number of carbonyl (C=O) groups excluding carboxylic acids is 1. The molecular weight excluding hydrogens is 272 g/mol. The van der Waals surface area contributed by atoms with Gasteiger partial charge in [0.15, 0.2) is 5.78 Å². The van der Waals surface area contributed by atoms with E-state index in [0.29, 0.717) is 11.8 Å². The van der Waals surface area contributed by atoms with Gasteiger partial charge in [-0.1, -0.05) is 26.0 Å². The maximum absolute atomic E-state index is 12.0. The van der Waals surface area contributed by atoms with Crippen LogP contribution in [0.5, 0.6) is 0 Å². The van der Waals surface area contributed by atoms with Crippen molar-refractivity contribution in [2.24, 2.45) is 28.6 Å². The second-order valence-corrected chi connectivity index (χ2v) is 8.78. The first-order valence-electron chi connectivity index (χ1n) is 8.97. The van der Waals surface area contributed by atoms with Crippen molar-refractivity contribution in [3.63, 3.8) is 0 Å². The molecular formula is C20H28O2. The zero-order valence-electron chi connectivity index (χ0n) is 13.9. The maximum Gasteiger partial charge on any atom is 0.181 e. The Hall–Kier alpha value is -0.890. The predicted octanol–water partition coefficient (Wildman–Crippen LogP) is 4.05. The van der Waals surface area contributed by atoms with Crippen LogP contribution in [0.1, 0.15) is 58.8 Å². The Labute approximate surface area is 133 Å². The fourth-order valence-electron chi connectivity index (χ4n) is 6.57. The standard InChI is InChI=1S/C20H28O2/c1-12-11-20(3)13(10-17(12)21)4-5-14-15-6-7-18(22)19(15,2)9-8-16(14)20/h10,14-16,18,22H,1,4-9,11H2,2-3H3/t14-,15-,16-,18+,19-,20+/m1/s1. The van der Waals surface area contributed by atoms with Crippen LogP contribution < -0.4 is 0 Å². The SMILES string of the molecule is C=C1C[C@@]2(C)C(=CC1=O)CC[C@@H]1[C@H]3CC[C@H](O)[C@]3(C)CC[C@H]12. The van der Waals surface area contributed by atoms with Crippen molar-refractivity contribution in [1.82, 2.24) is 0 Å². The van der Waals surface area contributed by atoms with Crippen LogP contribution in [0.3, 0.4) is 0 Å². The number of ketones is 1. The van der Waals surface area contributed by atoms with E-state index < -0.39 is 0 Å². The summed E-state index contributed by atoms with van der Waals surface area (Å²) in [7, 11) is 0. The van der Waals surface area contributed by atoms with Gasteiger partial charge in [-0.3, -0.25) is 4.79 Å². The van der Waals surface area contributed by atoms with Crippen molar-refractivity contribution in [3.05, 3.63) is 23.8 Å². The van der Waals surface area contributed by atoms with Gasteiger partial charge >= 0.3 is 0 Å². The van der Waals surface area contributed by atoms with Gasteiger partial charge in [-0.05, 0) is 85.2 Å². The minimum Gasteiger partial charge on any atom is -0.393 e. The van der Waals surface area contributed by atoms with Crippen LogP contribution in [-0.2, 0) is 4.79 Å². The summed E-state index contributed by atoms with van der Waals surface area (Å²) in [4.78, 5) is 12.0. The molecule has 2 nitrogen and oxygen atoms in total. The molecule has 22 heavy (non-hydrogen) atoms. The van der Waals surface area contributed by atoms with Gasteiger partial charge < -0.3 is 5.11 Å². The molecule has 0 aromatic heterocycles. The summed E-state index contributed by atoms with van der Waals surface area (Å²) in [5.74, 6) is 2.22. The number of fused-ring (bicyclic) bond motifs is 5. The normalized spacial score (nSPS) is 51.0. The second-order valence-electron chi connectivity index (χ2n) is 8.78. The van der Waals surface area contributed by atoms with Crippen LogP contribution >= 0.6 is 0 Å². The Morgan fingerprint density at radius 3 is 2.73 bits per heavy atom. The van der Waals surface area contributed by atoms with Gasteiger partial charge in [0.2, 0.25) is 0 Å². The third-order valence-corrected chi connectivity index (χ3v) is 7.92. The zero-order chi connectivity index (χ0) is 15.7. The Morgan fingerprint density at radius 2 is 1.95 bits per heavy atom. The molecule has 0 saturated heterocycles. The summed E-state index contributed by atoms with van der Waals surface area (Å²) >= 11 is 0. The maximum atomic E-state index is 12.0. The highest BCUT2D eigenvalue weighted by Crippen LogP contribution is 2.65. The Kier molecular flexibility index (Phi) is 3.05. The number of allylic oxidation sites excluding steroid dienone is 2. The van der Waals surface area contributed by atoms with Crippen LogP contribution in [0.15, 0.2) is 23.8 Å². The van der Waals surface area contributed by atoms with E-state index in [2.05, 4.69) is 20.4 Å². The molecule has 0 unspecified atom stereocenters. The summed E-state index contributed by atoms with van der Waals surface area (Å²) in [6.45, 7) is 8.73. The van der Waals surface area contributed by atoms with Gasteiger partial charge in [0.25, 0.3) is 0 Å². The Balaban J connectivity index is 1.71. The van der Waals surface area contributed by atoms with E-state index >= 15 is 0 Å². The van der Waals surface area contributed by atoms with Gasteiger partial charge in [0, 0.05) is 0 Å². The number of hydrogen-bond acceptors (Lipinski definition) is 2. The largest absolute Gasteiger partial charge is 0.393 e. The predicted molar refractivity (Wildman–Crippen MR) is 87.2 cm³/mol. The van der Waals surface area contributed by atoms with Gasteiger partial charge in [-0.2, -0.15) is 0 Å². The van der Waals surface area contributed by atoms with Crippen molar-refractivity contribution >= 4 is 5.78 Å². The van der Waals surface area contributed by atoms with Gasteiger partial charge in [0.1, 0.15) is 0 Å². The van der Waals surface area contributed by atoms with Gasteiger partial charge in [0.05, 0.1) is 6.10 Å². The fourth-order valence-corrected chi connectivity index (χ4v) is 6.57. The fraction of sp³-hybridized carbons (Fsp3) is 0.750. The van der Waals surface area contributed by atoms with E-state index in [4.69, 9.17) is 0 Å². The molecule has 4 rings (SSSR count). The lowest BCUT2D eigenvalue weighted by atomic mass is 9.47. The van der Waals surface area contributed by atoms with Gasteiger partial charge in [-0.15, -0.1) is 0 Å². The first-order valence-corrected chi connectivity index (χ1v) is 8.97. The van der Waals surface area contributed by atoms with Crippen molar-refractivity contribution < 1.29 is 9.90 Å². The quantitative estimate of drug-likeness (QED) is 0.685. The molecule has 120 valence electrons. The summed E-state index contributed by atoms with van der Waals surface area (Å²) in [5.41, 5.74) is 2.46. The monoisotopic (exact) mass is 300 g/mol. The van der Waals surface area contributed by atoms with E-state index in [0.717, 1.165) is 37.2 Å². The summed E-state index contributed by atoms with van der Waals surface area (Å²) in [5, 5.41) is 10.5. The third kappa shape index (κ3) is 1.73. The number of hydrogen-bond donors (Lipinski definition) is 1. The highest BCUT2D eigenvalue weighted by Gasteiger charge is 2.58. The first kappa shape index (κ1) is 14.7. The zero-order valence-corrected chi connectivity index (χ0v) is 13.9. The van der Waals surface area contributed by atoms with Crippen LogP contribution in [0.4, 0.5) is 0 Å².